The smallest absolute Gasteiger partial charge is 0.147 e. The zero-order valence-electron chi connectivity index (χ0n) is 10.8. The molecule has 1 aromatic carbocycles. The van der Waals surface area contributed by atoms with Gasteiger partial charge < -0.3 is 9.88 Å². The maximum Gasteiger partial charge on any atom is 0.147 e. The summed E-state index contributed by atoms with van der Waals surface area (Å²) in [6, 6.07) is 10.5. The summed E-state index contributed by atoms with van der Waals surface area (Å²) in [6.07, 6.45) is 0. The number of hydrogen-bond donors (Lipinski definition) is 1. The minimum atomic E-state index is -0.107. The van der Waals surface area contributed by atoms with Gasteiger partial charge in [-0.05, 0) is 19.4 Å². The van der Waals surface area contributed by atoms with Crippen molar-refractivity contribution >= 4 is 0 Å². The van der Waals surface area contributed by atoms with Gasteiger partial charge in [0, 0.05) is 18.5 Å². The molecule has 0 aliphatic carbocycles. The highest BCUT2D eigenvalue weighted by atomic mass is 15.3. The summed E-state index contributed by atoms with van der Waals surface area (Å²) >= 11 is 0. The molecule has 18 heavy (non-hydrogen) atoms. The lowest BCUT2D eigenvalue weighted by Gasteiger charge is -2.27. The van der Waals surface area contributed by atoms with Crippen LogP contribution in [0.25, 0.3) is 0 Å². The Bertz CT molecular complexity index is 542. The van der Waals surface area contributed by atoms with Crippen LogP contribution in [0.2, 0.25) is 0 Å². The Morgan fingerprint density at radius 1 is 1.17 bits per heavy atom. The van der Waals surface area contributed by atoms with Gasteiger partial charge in [0.1, 0.15) is 11.6 Å². The van der Waals surface area contributed by atoms with Crippen LogP contribution in [0.3, 0.4) is 0 Å². The average Bonchev–Trinajstić information content (AvgIpc) is 2.84. The second kappa shape index (κ2) is 4.21. The summed E-state index contributed by atoms with van der Waals surface area (Å²) in [5.41, 5.74) is 1.17. The van der Waals surface area contributed by atoms with E-state index < -0.39 is 0 Å². The minimum Gasteiger partial charge on any atom is -0.312 e. The number of rotatable bonds is 2. The first kappa shape index (κ1) is 11.4. The van der Waals surface area contributed by atoms with Gasteiger partial charge in [-0.25, -0.2) is 0 Å². The molecule has 4 nitrogen and oxygen atoms in total. The fourth-order valence-corrected chi connectivity index (χ4v) is 2.54. The standard InChI is InChI=1S/C14H18N4/c1-14(2,11-6-4-3-5-7-11)13-17-16-12-10-15-8-9-18(12)13/h3-7,15H,8-10H2,1-2H3. The third kappa shape index (κ3) is 1.73. The summed E-state index contributed by atoms with van der Waals surface area (Å²) in [6.45, 7) is 7.18. The summed E-state index contributed by atoms with van der Waals surface area (Å²) in [5, 5.41) is 12.0. The quantitative estimate of drug-likeness (QED) is 0.871. The van der Waals surface area contributed by atoms with Crippen molar-refractivity contribution < 1.29 is 0 Å². The second-order valence-corrected chi connectivity index (χ2v) is 5.26. The van der Waals surface area contributed by atoms with Crippen LogP contribution in [0.4, 0.5) is 0 Å². The second-order valence-electron chi connectivity index (χ2n) is 5.26. The van der Waals surface area contributed by atoms with Crippen molar-refractivity contribution in [2.24, 2.45) is 0 Å². The summed E-state index contributed by atoms with van der Waals surface area (Å²) < 4.78 is 2.25. The van der Waals surface area contributed by atoms with Crippen molar-refractivity contribution in [1.82, 2.24) is 20.1 Å². The molecule has 0 radical (unpaired) electrons. The van der Waals surface area contributed by atoms with E-state index in [4.69, 9.17) is 0 Å². The monoisotopic (exact) mass is 242 g/mol. The van der Waals surface area contributed by atoms with E-state index in [0.29, 0.717) is 0 Å². The Kier molecular flexibility index (Phi) is 2.67. The molecule has 2 heterocycles. The molecule has 0 fully saturated rings. The van der Waals surface area contributed by atoms with Crippen molar-refractivity contribution in [2.75, 3.05) is 6.54 Å². The highest BCUT2D eigenvalue weighted by Gasteiger charge is 2.30. The average molecular weight is 242 g/mol. The van der Waals surface area contributed by atoms with Crippen molar-refractivity contribution in [1.29, 1.82) is 0 Å². The Morgan fingerprint density at radius 2 is 1.94 bits per heavy atom. The van der Waals surface area contributed by atoms with Crippen LogP contribution < -0.4 is 5.32 Å². The lowest BCUT2D eigenvalue weighted by molar-refractivity contribution is 0.461. The number of nitrogens with one attached hydrogen (secondary N) is 1. The van der Waals surface area contributed by atoms with Gasteiger partial charge in [-0.2, -0.15) is 0 Å². The molecular weight excluding hydrogens is 224 g/mol. The lowest BCUT2D eigenvalue weighted by atomic mass is 9.83. The fraction of sp³-hybridized carbons (Fsp3) is 0.429. The van der Waals surface area contributed by atoms with Crippen molar-refractivity contribution in [2.45, 2.75) is 32.4 Å². The SMILES string of the molecule is CC(C)(c1ccccc1)c1nnc2n1CCNC2. The molecule has 0 amide bonds. The van der Waals surface area contributed by atoms with Crippen molar-refractivity contribution in [3.05, 3.63) is 47.5 Å². The first-order chi connectivity index (χ1) is 8.69. The molecule has 3 rings (SSSR count). The lowest BCUT2D eigenvalue weighted by Crippen LogP contribution is -2.32. The Morgan fingerprint density at radius 3 is 2.72 bits per heavy atom. The van der Waals surface area contributed by atoms with Crippen LogP contribution >= 0.6 is 0 Å². The largest absolute Gasteiger partial charge is 0.312 e. The Hall–Kier alpha value is -1.68. The fourth-order valence-electron chi connectivity index (χ4n) is 2.54. The van der Waals surface area contributed by atoms with Gasteiger partial charge in [0.15, 0.2) is 0 Å². The molecule has 0 saturated heterocycles. The van der Waals surface area contributed by atoms with E-state index in [1.807, 2.05) is 6.07 Å². The summed E-state index contributed by atoms with van der Waals surface area (Å²) in [7, 11) is 0. The molecule has 0 atom stereocenters. The van der Waals surface area contributed by atoms with E-state index in [-0.39, 0.29) is 5.41 Å². The van der Waals surface area contributed by atoms with Crippen LogP contribution in [-0.2, 0) is 18.5 Å². The van der Waals surface area contributed by atoms with Crippen LogP contribution in [0.1, 0.15) is 31.1 Å². The van der Waals surface area contributed by atoms with Crippen LogP contribution in [0.5, 0.6) is 0 Å². The number of benzene rings is 1. The zero-order valence-corrected chi connectivity index (χ0v) is 10.8. The molecule has 2 aromatic rings. The maximum atomic E-state index is 4.42. The highest BCUT2D eigenvalue weighted by molar-refractivity contribution is 5.31. The van der Waals surface area contributed by atoms with E-state index >= 15 is 0 Å². The van der Waals surface area contributed by atoms with Crippen LogP contribution in [0.15, 0.2) is 30.3 Å². The predicted molar refractivity (Wildman–Crippen MR) is 70.3 cm³/mol. The van der Waals surface area contributed by atoms with Gasteiger partial charge in [0.05, 0.1) is 6.54 Å². The van der Waals surface area contributed by atoms with E-state index in [9.17, 15) is 0 Å². The molecule has 0 bridgehead atoms. The maximum absolute atomic E-state index is 4.42. The van der Waals surface area contributed by atoms with Crippen molar-refractivity contribution in [3.8, 4) is 0 Å². The predicted octanol–water partition coefficient (Wildman–Crippen LogP) is 1.71. The minimum absolute atomic E-state index is 0.107. The number of hydrogen-bond acceptors (Lipinski definition) is 3. The molecule has 1 N–H and O–H groups in total. The molecule has 0 unspecified atom stereocenters. The number of nitrogens with zero attached hydrogens (tertiary/aromatic N) is 3. The topological polar surface area (TPSA) is 42.7 Å². The Balaban J connectivity index is 2.06. The first-order valence-corrected chi connectivity index (χ1v) is 6.38. The zero-order chi connectivity index (χ0) is 12.6. The van der Waals surface area contributed by atoms with Gasteiger partial charge in [0.25, 0.3) is 0 Å². The van der Waals surface area contributed by atoms with Gasteiger partial charge in [-0.15, -0.1) is 10.2 Å². The van der Waals surface area contributed by atoms with Gasteiger partial charge in [-0.1, -0.05) is 30.3 Å². The molecule has 0 spiro atoms. The summed E-state index contributed by atoms with van der Waals surface area (Å²) in [4.78, 5) is 0. The van der Waals surface area contributed by atoms with E-state index in [1.54, 1.807) is 0 Å². The van der Waals surface area contributed by atoms with Crippen LogP contribution in [0, 0.1) is 0 Å². The van der Waals surface area contributed by atoms with Gasteiger partial charge in [-0.3, -0.25) is 0 Å². The first-order valence-electron chi connectivity index (χ1n) is 6.38. The molecule has 94 valence electrons. The molecule has 1 aliphatic rings. The number of fused-ring (bicyclic) bond motifs is 1. The normalized spacial score (nSPS) is 15.4. The third-order valence-electron chi connectivity index (χ3n) is 3.68. The molecule has 1 aliphatic heterocycles. The van der Waals surface area contributed by atoms with E-state index in [0.717, 1.165) is 31.3 Å². The van der Waals surface area contributed by atoms with Gasteiger partial charge in [0.2, 0.25) is 0 Å². The van der Waals surface area contributed by atoms with Crippen LogP contribution in [-0.4, -0.2) is 21.3 Å². The van der Waals surface area contributed by atoms with Crippen molar-refractivity contribution in [3.63, 3.8) is 0 Å². The highest BCUT2D eigenvalue weighted by Crippen LogP contribution is 2.30. The molecule has 1 aromatic heterocycles. The molecule has 4 heteroatoms. The third-order valence-corrected chi connectivity index (χ3v) is 3.68. The number of aromatic nitrogens is 3. The summed E-state index contributed by atoms with van der Waals surface area (Å²) in [5.74, 6) is 2.10. The molecule has 0 saturated carbocycles. The van der Waals surface area contributed by atoms with E-state index in [1.165, 1.54) is 5.56 Å². The molecular formula is C14H18N4. The van der Waals surface area contributed by atoms with E-state index in [2.05, 4.69) is 58.2 Å². The van der Waals surface area contributed by atoms with Gasteiger partial charge >= 0.3 is 0 Å². The Labute approximate surface area is 107 Å².